The van der Waals surface area contributed by atoms with E-state index in [-0.39, 0.29) is 6.61 Å². The van der Waals surface area contributed by atoms with Gasteiger partial charge >= 0.3 is 5.97 Å². The molecule has 0 fully saturated rings. The van der Waals surface area contributed by atoms with E-state index >= 15 is 0 Å². The molecule has 0 aromatic heterocycles. The van der Waals surface area contributed by atoms with Gasteiger partial charge in [-0.25, -0.2) is 4.79 Å². The molecule has 13 heavy (non-hydrogen) atoms. The lowest BCUT2D eigenvalue weighted by atomic mass is 10.3. The highest BCUT2D eigenvalue weighted by atomic mass is 16.5. The molecule has 0 spiro atoms. The maximum Gasteiger partial charge on any atom is 0.341 e. The summed E-state index contributed by atoms with van der Waals surface area (Å²) in [5.41, 5.74) is 0. The van der Waals surface area contributed by atoms with Gasteiger partial charge in [0.2, 0.25) is 0 Å². The zero-order chi connectivity index (χ0) is 10.1. The number of aliphatic hydroxyl groups is 1. The van der Waals surface area contributed by atoms with Gasteiger partial charge in [0.15, 0.2) is 6.61 Å². The predicted octanol–water partition coefficient (Wildman–Crippen LogP) is 0.758. The number of aliphatic hydroxyl groups excluding tert-OH is 1. The monoisotopic (exact) mass is 184 g/mol. The van der Waals surface area contributed by atoms with Crippen LogP contribution in [0.5, 0.6) is 5.75 Å². The number of carboxylic acid groups (broad SMARTS) is 1. The molecule has 0 bridgehead atoms. The van der Waals surface area contributed by atoms with Crippen LogP contribution in [0.4, 0.5) is 0 Å². The lowest BCUT2D eigenvalue weighted by Gasteiger charge is -2.00. The molecular weight excluding hydrogens is 172 g/mol. The molecule has 1 aromatic rings. The largest absolute Gasteiger partial charge is 0.482 e. The smallest absolute Gasteiger partial charge is 0.341 e. The minimum atomic E-state index is -0.964. The highest BCUT2D eigenvalue weighted by molar-refractivity contribution is 5.68. The van der Waals surface area contributed by atoms with Gasteiger partial charge in [-0.15, -0.1) is 0 Å². The summed E-state index contributed by atoms with van der Waals surface area (Å²) in [7, 11) is 1.00. The maximum absolute atomic E-state index is 10.0. The summed E-state index contributed by atoms with van der Waals surface area (Å²) >= 11 is 0. The number of hydrogen-bond acceptors (Lipinski definition) is 3. The minimum absolute atomic E-state index is 0.288. The fraction of sp³-hybridized carbons (Fsp3) is 0.222. The van der Waals surface area contributed by atoms with Gasteiger partial charge in [-0.2, -0.15) is 0 Å². The number of para-hydroxylation sites is 1. The first-order valence-corrected chi connectivity index (χ1v) is 3.63. The van der Waals surface area contributed by atoms with Gasteiger partial charge in [0, 0.05) is 7.11 Å². The molecule has 1 rings (SSSR count). The van der Waals surface area contributed by atoms with Crippen LogP contribution in [0.2, 0.25) is 0 Å². The molecule has 0 radical (unpaired) electrons. The topological polar surface area (TPSA) is 66.8 Å². The van der Waals surface area contributed by atoms with Gasteiger partial charge < -0.3 is 14.9 Å². The molecule has 1 aromatic carbocycles. The first kappa shape index (κ1) is 11.4. The molecule has 2 N–H and O–H groups in total. The molecule has 0 aliphatic carbocycles. The Morgan fingerprint density at radius 2 is 1.85 bits per heavy atom. The Morgan fingerprint density at radius 1 is 1.31 bits per heavy atom. The molecule has 0 saturated carbocycles. The summed E-state index contributed by atoms with van der Waals surface area (Å²) in [6.07, 6.45) is 0. The Hall–Kier alpha value is -1.55. The fourth-order valence-electron chi connectivity index (χ4n) is 0.662. The third-order valence-electron chi connectivity index (χ3n) is 1.11. The average molecular weight is 184 g/mol. The van der Waals surface area contributed by atoms with E-state index in [2.05, 4.69) is 0 Å². The molecular formula is C9H12O4. The SMILES string of the molecule is CO.O=C(O)COc1ccccc1. The molecule has 0 amide bonds. The van der Waals surface area contributed by atoms with E-state index in [1.54, 1.807) is 24.3 Å². The van der Waals surface area contributed by atoms with Crippen molar-refractivity contribution >= 4 is 5.97 Å². The van der Waals surface area contributed by atoms with E-state index in [4.69, 9.17) is 14.9 Å². The van der Waals surface area contributed by atoms with E-state index in [9.17, 15) is 4.79 Å². The van der Waals surface area contributed by atoms with Crippen molar-refractivity contribution in [2.24, 2.45) is 0 Å². The van der Waals surface area contributed by atoms with Gasteiger partial charge in [0.25, 0.3) is 0 Å². The van der Waals surface area contributed by atoms with E-state index < -0.39 is 5.97 Å². The van der Waals surface area contributed by atoms with Crippen molar-refractivity contribution in [2.75, 3.05) is 13.7 Å². The average Bonchev–Trinajstić information content (AvgIpc) is 2.19. The van der Waals surface area contributed by atoms with Crippen LogP contribution in [0.15, 0.2) is 30.3 Å². The van der Waals surface area contributed by atoms with Crippen molar-refractivity contribution in [1.29, 1.82) is 0 Å². The van der Waals surface area contributed by atoms with Gasteiger partial charge in [-0.05, 0) is 12.1 Å². The van der Waals surface area contributed by atoms with Crippen molar-refractivity contribution in [3.63, 3.8) is 0 Å². The van der Waals surface area contributed by atoms with Gasteiger partial charge in [0.1, 0.15) is 5.75 Å². The third-order valence-corrected chi connectivity index (χ3v) is 1.11. The second kappa shape index (κ2) is 7.12. The van der Waals surface area contributed by atoms with Gasteiger partial charge in [0.05, 0.1) is 0 Å². The number of rotatable bonds is 3. The van der Waals surface area contributed by atoms with Crippen LogP contribution in [0.3, 0.4) is 0 Å². The molecule has 0 aliphatic rings. The number of hydrogen-bond donors (Lipinski definition) is 2. The van der Waals surface area contributed by atoms with Crippen molar-refractivity contribution in [3.05, 3.63) is 30.3 Å². The lowest BCUT2D eigenvalue weighted by molar-refractivity contribution is -0.139. The van der Waals surface area contributed by atoms with Crippen LogP contribution in [0.1, 0.15) is 0 Å². The minimum Gasteiger partial charge on any atom is -0.482 e. The maximum atomic E-state index is 10.0. The third kappa shape index (κ3) is 5.69. The first-order chi connectivity index (χ1) is 6.29. The summed E-state index contributed by atoms with van der Waals surface area (Å²) in [6.45, 7) is -0.288. The highest BCUT2D eigenvalue weighted by Crippen LogP contribution is 2.07. The summed E-state index contributed by atoms with van der Waals surface area (Å²) in [6, 6.07) is 8.84. The van der Waals surface area contributed by atoms with Crippen LogP contribution in [-0.4, -0.2) is 29.9 Å². The van der Waals surface area contributed by atoms with Crippen molar-refractivity contribution in [3.8, 4) is 5.75 Å². The van der Waals surface area contributed by atoms with Crippen LogP contribution in [-0.2, 0) is 4.79 Å². The van der Waals surface area contributed by atoms with Crippen LogP contribution in [0.25, 0.3) is 0 Å². The quantitative estimate of drug-likeness (QED) is 0.727. The summed E-state index contributed by atoms with van der Waals surface area (Å²) in [5.74, 6) is -0.385. The van der Waals surface area contributed by atoms with Crippen molar-refractivity contribution in [2.45, 2.75) is 0 Å². The van der Waals surface area contributed by atoms with Crippen molar-refractivity contribution < 1.29 is 19.7 Å². The number of aliphatic carboxylic acids is 1. The molecule has 4 heteroatoms. The predicted molar refractivity (Wildman–Crippen MR) is 47.7 cm³/mol. The Kier molecular flexibility index (Phi) is 6.27. The van der Waals surface area contributed by atoms with E-state index in [1.807, 2.05) is 6.07 Å². The molecule has 4 nitrogen and oxygen atoms in total. The first-order valence-electron chi connectivity index (χ1n) is 3.63. The fourth-order valence-corrected chi connectivity index (χ4v) is 0.662. The number of carbonyl (C=O) groups is 1. The molecule has 0 atom stereocenters. The highest BCUT2D eigenvalue weighted by Gasteiger charge is 1.96. The Morgan fingerprint density at radius 3 is 2.31 bits per heavy atom. The number of benzene rings is 1. The Balaban J connectivity index is 0.000000671. The molecule has 72 valence electrons. The zero-order valence-electron chi connectivity index (χ0n) is 7.30. The van der Waals surface area contributed by atoms with Crippen molar-refractivity contribution in [1.82, 2.24) is 0 Å². The molecule has 0 saturated heterocycles. The van der Waals surface area contributed by atoms with Crippen LogP contribution < -0.4 is 4.74 Å². The van der Waals surface area contributed by atoms with E-state index in [0.29, 0.717) is 5.75 Å². The lowest BCUT2D eigenvalue weighted by Crippen LogP contribution is -2.09. The zero-order valence-corrected chi connectivity index (χ0v) is 7.30. The Bertz CT molecular complexity index is 233. The number of carboxylic acids is 1. The summed E-state index contributed by atoms with van der Waals surface area (Å²) in [5, 5.41) is 15.2. The molecule has 0 aliphatic heterocycles. The van der Waals surface area contributed by atoms with Crippen LogP contribution in [0, 0.1) is 0 Å². The standard InChI is InChI=1S/C8H8O3.CH4O/c9-8(10)6-11-7-4-2-1-3-5-7;1-2/h1-5H,6H2,(H,9,10);2H,1H3. The normalized spacial score (nSPS) is 8.15. The van der Waals surface area contributed by atoms with E-state index in [0.717, 1.165) is 7.11 Å². The number of ether oxygens (including phenoxy) is 1. The molecule has 0 unspecified atom stereocenters. The second-order valence-electron chi connectivity index (χ2n) is 2.00. The Labute approximate surface area is 76.4 Å². The summed E-state index contributed by atoms with van der Waals surface area (Å²) in [4.78, 5) is 10.0. The second-order valence-corrected chi connectivity index (χ2v) is 2.00. The van der Waals surface area contributed by atoms with E-state index in [1.165, 1.54) is 0 Å². The summed E-state index contributed by atoms with van der Waals surface area (Å²) < 4.78 is 4.87. The van der Waals surface area contributed by atoms with Crippen LogP contribution >= 0.6 is 0 Å². The molecule has 0 heterocycles. The van der Waals surface area contributed by atoms with Gasteiger partial charge in [-0.3, -0.25) is 0 Å². The van der Waals surface area contributed by atoms with Gasteiger partial charge in [-0.1, -0.05) is 18.2 Å².